The number of carbonyl (C=O) groups is 3. The van der Waals surface area contributed by atoms with Crippen molar-refractivity contribution >= 4 is 17.7 Å². The quantitative estimate of drug-likeness (QED) is 0.471. The summed E-state index contributed by atoms with van der Waals surface area (Å²) < 4.78 is 5.33. The van der Waals surface area contributed by atoms with E-state index in [4.69, 9.17) is 10.5 Å². The lowest BCUT2D eigenvalue weighted by Gasteiger charge is -2.26. The van der Waals surface area contributed by atoms with Crippen LogP contribution >= 0.6 is 0 Å². The fourth-order valence-corrected chi connectivity index (χ4v) is 3.58. The molecular weight excluding hydrogens is 370 g/mol. The van der Waals surface area contributed by atoms with Crippen LogP contribution in [0.25, 0.3) is 11.1 Å². The predicted octanol–water partition coefficient (Wildman–Crippen LogP) is 2.94. The topological polar surface area (TPSA) is 107 Å². The van der Waals surface area contributed by atoms with Crippen molar-refractivity contribution in [2.24, 2.45) is 17.1 Å². The summed E-state index contributed by atoms with van der Waals surface area (Å²) in [7, 11) is 0. The molecule has 0 unspecified atom stereocenters. The van der Waals surface area contributed by atoms with Crippen LogP contribution in [0.5, 0.6) is 0 Å². The van der Waals surface area contributed by atoms with Gasteiger partial charge in [-0.1, -0.05) is 56.3 Å². The number of ether oxygens (including phenoxy) is 1. The number of carboxylic acids is 1. The molecule has 6 heteroatoms. The monoisotopic (exact) mass is 395 g/mol. The first-order valence-electron chi connectivity index (χ1n) is 9.57. The van der Waals surface area contributed by atoms with Gasteiger partial charge in [0.1, 0.15) is 6.61 Å². The Morgan fingerprint density at radius 3 is 2.41 bits per heavy atom. The van der Waals surface area contributed by atoms with Gasteiger partial charge >= 0.3 is 11.9 Å². The van der Waals surface area contributed by atoms with E-state index in [9.17, 15) is 19.5 Å². The average Bonchev–Trinajstić information content (AvgIpc) is 3.09. The maximum Gasteiger partial charge on any atom is 0.331 e. The van der Waals surface area contributed by atoms with E-state index in [0.29, 0.717) is 6.42 Å². The number of hydrogen-bond acceptors (Lipinski definition) is 5. The van der Waals surface area contributed by atoms with Crippen LogP contribution in [0.4, 0.5) is 0 Å². The van der Waals surface area contributed by atoms with E-state index >= 15 is 0 Å². The van der Waals surface area contributed by atoms with Crippen LogP contribution in [0.1, 0.15) is 37.5 Å². The predicted molar refractivity (Wildman–Crippen MR) is 108 cm³/mol. The number of nitrogens with two attached hydrogens (primary N) is 1. The summed E-state index contributed by atoms with van der Waals surface area (Å²) in [6, 6.07) is 12.7. The first kappa shape index (κ1) is 20.7. The fraction of sp³-hybridized carbons (Fsp3) is 0.348. The number of rotatable bonds is 7. The zero-order valence-corrected chi connectivity index (χ0v) is 16.8. The van der Waals surface area contributed by atoms with Gasteiger partial charge in [-0.25, -0.2) is 0 Å². The molecule has 0 fully saturated rings. The van der Waals surface area contributed by atoms with Gasteiger partial charge < -0.3 is 15.6 Å². The zero-order chi connectivity index (χ0) is 21.3. The lowest BCUT2D eigenvalue weighted by Crippen LogP contribution is -2.53. The van der Waals surface area contributed by atoms with Gasteiger partial charge in [0, 0.05) is 0 Å². The molecule has 0 spiro atoms. The van der Waals surface area contributed by atoms with Gasteiger partial charge in [-0.3, -0.25) is 14.4 Å². The third kappa shape index (κ3) is 3.56. The van der Waals surface area contributed by atoms with E-state index in [1.807, 2.05) is 36.4 Å². The second-order valence-electron chi connectivity index (χ2n) is 7.92. The van der Waals surface area contributed by atoms with E-state index in [1.165, 1.54) is 5.56 Å². The third-order valence-electron chi connectivity index (χ3n) is 5.66. The van der Waals surface area contributed by atoms with E-state index in [2.05, 4.69) is 6.07 Å². The summed E-state index contributed by atoms with van der Waals surface area (Å²) in [4.78, 5) is 37.1. The SMILES string of the molecule is CC(C)[C@H](N)C(=O)[C@@](C)(C(=O)O)C(=O)OCc1cccc2c1Cc1ccccc1-2. The highest BCUT2D eigenvalue weighted by atomic mass is 16.5. The minimum absolute atomic E-state index is 0.108. The molecule has 152 valence electrons. The number of benzene rings is 2. The normalized spacial score (nSPS) is 15.2. The largest absolute Gasteiger partial charge is 0.480 e. The van der Waals surface area contributed by atoms with Crippen LogP contribution in [-0.4, -0.2) is 28.9 Å². The maximum absolute atomic E-state index is 12.7. The van der Waals surface area contributed by atoms with Crippen molar-refractivity contribution in [1.29, 1.82) is 0 Å². The molecule has 2 aromatic rings. The summed E-state index contributed by atoms with van der Waals surface area (Å²) in [6.45, 7) is 4.35. The van der Waals surface area contributed by atoms with Crippen LogP contribution in [-0.2, 0) is 32.1 Å². The van der Waals surface area contributed by atoms with Gasteiger partial charge in [-0.15, -0.1) is 0 Å². The Bertz CT molecular complexity index is 981. The van der Waals surface area contributed by atoms with Crippen molar-refractivity contribution in [2.75, 3.05) is 0 Å². The van der Waals surface area contributed by atoms with E-state index in [-0.39, 0.29) is 12.5 Å². The second kappa shape index (κ2) is 7.79. The van der Waals surface area contributed by atoms with E-state index < -0.39 is 29.2 Å². The van der Waals surface area contributed by atoms with Crippen LogP contribution in [0.3, 0.4) is 0 Å². The summed E-state index contributed by atoms with van der Waals surface area (Å²) in [5.41, 5.74) is 8.73. The van der Waals surface area contributed by atoms with Crippen LogP contribution < -0.4 is 5.73 Å². The molecule has 0 aliphatic heterocycles. The smallest absolute Gasteiger partial charge is 0.331 e. The first-order valence-corrected chi connectivity index (χ1v) is 9.57. The summed E-state index contributed by atoms with van der Waals surface area (Å²) >= 11 is 0. The molecule has 0 saturated heterocycles. The molecule has 0 saturated carbocycles. The summed E-state index contributed by atoms with van der Waals surface area (Å²) in [6.07, 6.45) is 0.715. The van der Waals surface area contributed by atoms with Crippen LogP contribution in [0.15, 0.2) is 42.5 Å². The lowest BCUT2D eigenvalue weighted by atomic mass is 9.79. The minimum atomic E-state index is -2.34. The molecule has 0 amide bonds. The molecule has 6 nitrogen and oxygen atoms in total. The molecular formula is C23H25NO5. The number of carboxylic acid groups (broad SMARTS) is 1. The van der Waals surface area contributed by atoms with Gasteiger partial charge in [0.15, 0.2) is 5.78 Å². The Morgan fingerprint density at radius 2 is 1.76 bits per heavy atom. The highest BCUT2D eigenvalue weighted by Crippen LogP contribution is 2.38. The van der Waals surface area contributed by atoms with Crippen molar-refractivity contribution < 1.29 is 24.2 Å². The summed E-state index contributed by atoms with van der Waals surface area (Å²) in [5.74, 6) is -3.81. The van der Waals surface area contributed by atoms with Crippen LogP contribution in [0, 0.1) is 11.3 Å². The number of aliphatic carboxylic acids is 1. The van der Waals surface area contributed by atoms with Gasteiger partial charge in [-0.2, -0.15) is 0 Å². The van der Waals surface area contributed by atoms with Crippen molar-refractivity contribution in [2.45, 2.75) is 39.8 Å². The highest BCUT2D eigenvalue weighted by molar-refractivity contribution is 6.20. The maximum atomic E-state index is 12.7. The molecule has 1 aliphatic carbocycles. The Kier molecular flexibility index (Phi) is 5.57. The van der Waals surface area contributed by atoms with Crippen LogP contribution in [0.2, 0.25) is 0 Å². The third-order valence-corrected chi connectivity index (χ3v) is 5.66. The second-order valence-corrected chi connectivity index (χ2v) is 7.92. The lowest BCUT2D eigenvalue weighted by molar-refractivity contribution is -0.172. The number of fused-ring (bicyclic) bond motifs is 3. The average molecular weight is 395 g/mol. The van der Waals surface area contributed by atoms with Crippen molar-refractivity contribution in [1.82, 2.24) is 0 Å². The molecule has 2 atom stereocenters. The van der Waals surface area contributed by atoms with E-state index in [0.717, 1.165) is 29.2 Å². The van der Waals surface area contributed by atoms with Gasteiger partial charge in [-0.05, 0) is 47.1 Å². The Hall–Kier alpha value is -2.99. The fourth-order valence-electron chi connectivity index (χ4n) is 3.58. The van der Waals surface area contributed by atoms with E-state index in [1.54, 1.807) is 13.8 Å². The van der Waals surface area contributed by atoms with Gasteiger partial charge in [0.2, 0.25) is 5.41 Å². The number of esters is 1. The number of carbonyl (C=O) groups excluding carboxylic acids is 2. The standard InChI is InChI=1S/C23H25NO5/c1-13(2)19(24)20(25)23(3,21(26)27)22(28)29-12-15-8-6-10-17-16-9-5-4-7-14(16)11-18(15)17/h4-10,13,19H,11-12,24H2,1-3H3,(H,26,27)/t19-,23-/m0/s1. The van der Waals surface area contributed by atoms with Gasteiger partial charge in [0.05, 0.1) is 6.04 Å². The molecule has 29 heavy (non-hydrogen) atoms. The van der Waals surface area contributed by atoms with Crippen molar-refractivity contribution in [3.8, 4) is 11.1 Å². The Balaban J connectivity index is 1.82. The zero-order valence-electron chi connectivity index (χ0n) is 16.8. The number of hydrogen-bond donors (Lipinski definition) is 2. The number of ketones is 1. The number of Topliss-reactive ketones (excluding diaryl/α,β-unsaturated/α-hetero) is 1. The first-order chi connectivity index (χ1) is 13.7. The highest BCUT2D eigenvalue weighted by Gasteiger charge is 2.52. The summed E-state index contributed by atoms with van der Waals surface area (Å²) in [5, 5.41) is 9.60. The molecule has 3 N–H and O–H groups in total. The molecule has 0 aromatic heterocycles. The Morgan fingerprint density at radius 1 is 1.10 bits per heavy atom. The molecule has 0 bridgehead atoms. The molecule has 3 rings (SSSR count). The molecule has 0 heterocycles. The molecule has 1 aliphatic rings. The van der Waals surface area contributed by atoms with Gasteiger partial charge in [0.25, 0.3) is 0 Å². The Labute approximate surface area is 169 Å². The van der Waals surface area contributed by atoms with Crippen molar-refractivity contribution in [3.05, 3.63) is 59.2 Å². The van der Waals surface area contributed by atoms with Crippen molar-refractivity contribution in [3.63, 3.8) is 0 Å². The molecule has 2 aromatic carbocycles. The molecule has 0 radical (unpaired) electrons. The minimum Gasteiger partial charge on any atom is -0.480 e.